The molecule has 6 rings (SSSR count). The van der Waals surface area contributed by atoms with Gasteiger partial charge < -0.3 is 9.73 Å². The molecule has 1 aromatic carbocycles. The molecule has 3 nitrogen and oxygen atoms in total. The number of benzene rings is 1. The second kappa shape index (κ2) is 6.89. The van der Waals surface area contributed by atoms with Gasteiger partial charge >= 0.3 is 0 Å². The van der Waals surface area contributed by atoms with Crippen LogP contribution in [0.2, 0.25) is 0 Å². The highest BCUT2D eigenvalue weighted by Gasteiger charge is 2.53. The van der Waals surface area contributed by atoms with Crippen molar-refractivity contribution in [3.05, 3.63) is 35.1 Å². The van der Waals surface area contributed by atoms with Crippen LogP contribution in [0.25, 0.3) is 11.0 Å². The quantitative estimate of drug-likeness (QED) is 0.664. The van der Waals surface area contributed by atoms with Gasteiger partial charge in [-0.2, -0.15) is 0 Å². The Hall–Kier alpha value is -1.77. The van der Waals surface area contributed by atoms with Crippen LogP contribution in [0.4, 0.5) is 0 Å². The summed E-state index contributed by atoms with van der Waals surface area (Å²) in [4.78, 5) is 13.0. The van der Waals surface area contributed by atoms with Gasteiger partial charge in [-0.25, -0.2) is 0 Å². The molecule has 4 bridgehead atoms. The number of amides is 1. The molecule has 0 radical (unpaired) electrons. The maximum atomic E-state index is 13.0. The highest BCUT2D eigenvalue weighted by Crippen LogP contribution is 2.61. The van der Waals surface area contributed by atoms with Gasteiger partial charge in [-0.15, -0.1) is 0 Å². The predicted octanol–water partition coefficient (Wildman–Crippen LogP) is 6.13. The van der Waals surface area contributed by atoms with E-state index in [0.717, 1.165) is 34.3 Å². The first-order chi connectivity index (χ1) is 13.8. The molecule has 3 heteroatoms. The number of fused-ring (bicyclic) bond motifs is 1. The van der Waals surface area contributed by atoms with Crippen LogP contribution in [-0.2, 0) is 11.2 Å². The molecule has 0 saturated heterocycles. The lowest BCUT2D eigenvalue weighted by Crippen LogP contribution is -2.56. The Labute approximate surface area is 174 Å². The summed E-state index contributed by atoms with van der Waals surface area (Å²) in [5.41, 5.74) is 4.85. The standard InChI is InChI=1S/C26H35NO2/c1-15(2)22-10-23-21(14-29-24(23)5-16(22)3)9-25(28)27-17(4)26-11-18-6-19(12-26)8-20(7-18)13-26/h5,10,14-15,17-20H,6-9,11-13H2,1-4H3,(H,27,28)/t17-,18?,19?,20?,26?/m0/s1. The minimum absolute atomic E-state index is 0.141. The van der Waals surface area contributed by atoms with E-state index in [9.17, 15) is 4.79 Å². The first-order valence-corrected chi connectivity index (χ1v) is 11.6. The molecular weight excluding hydrogens is 358 g/mol. The zero-order valence-electron chi connectivity index (χ0n) is 18.4. The molecule has 4 saturated carbocycles. The Balaban J connectivity index is 1.31. The van der Waals surface area contributed by atoms with E-state index < -0.39 is 0 Å². The van der Waals surface area contributed by atoms with E-state index in [4.69, 9.17) is 4.42 Å². The molecule has 0 unspecified atom stereocenters. The van der Waals surface area contributed by atoms with Crippen LogP contribution in [0.3, 0.4) is 0 Å². The molecule has 4 fully saturated rings. The van der Waals surface area contributed by atoms with Crippen LogP contribution in [0, 0.1) is 30.1 Å². The summed E-state index contributed by atoms with van der Waals surface area (Å²) in [5.74, 6) is 3.35. The maximum Gasteiger partial charge on any atom is 0.224 e. The summed E-state index contributed by atoms with van der Waals surface area (Å²) >= 11 is 0. The smallest absolute Gasteiger partial charge is 0.224 e. The van der Waals surface area contributed by atoms with E-state index in [-0.39, 0.29) is 11.9 Å². The van der Waals surface area contributed by atoms with Crippen LogP contribution in [-0.4, -0.2) is 11.9 Å². The Bertz CT molecular complexity index is 902. The fourth-order valence-corrected chi connectivity index (χ4v) is 7.33. The molecular formula is C26H35NO2. The van der Waals surface area contributed by atoms with Crippen molar-refractivity contribution < 1.29 is 9.21 Å². The molecule has 0 spiro atoms. The van der Waals surface area contributed by atoms with Gasteiger partial charge in [-0.1, -0.05) is 13.8 Å². The lowest BCUT2D eigenvalue weighted by atomic mass is 9.48. The Kier molecular flexibility index (Phi) is 4.56. The van der Waals surface area contributed by atoms with Crippen molar-refractivity contribution in [2.75, 3.05) is 0 Å². The van der Waals surface area contributed by atoms with Gasteiger partial charge in [0, 0.05) is 17.0 Å². The van der Waals surface area contributed by atoms with Crippen molar-refractivity contribution in [3.8, 4) is 0 Å². The van der Waals surface area contributed by atoms with Gasteiger partial charge in [0.15, 0.2) is 0 Å². The zero-order chi connectivity index (χ0) is 20.3. The number of hydrogen-bond donors (Lipinski definition) is 1. The summed E-state index contributed by atoms with van der Waals surface area (Å²) in [6, 6.07) is 4.61. The average Bonchev–Trinajstić information content (AvgIpc) is 3.01. The first kappa shape index (κ1) is 19.2. The second-order valence-corrected chi connectivity index (χ2v) is 10.9. The van der Waals surface area contributed by atoms with Gasteiger partial charge in [0.05, 0.1) is 12.7 Å². The van der Waals surface area contributed by atoms with Gasteiger partial charge in [0.25, 0.3) is 0 Å². The van der Waals surface area contributed by atoms with Gasteiger partial charge in [0.2, 0.25) is 5.91 Å². The molecule has 1 atom stereocenters. The second-order valence-electron chi connectivity index (χ2n) is 10.9. The van der Waals surface area contributed by atoms with Crippen LogP contribution in [0.15, 0.2) is 22.8 Å². The van der Waals surface area contributed by atoms with E-state index >= 15 is 0 Å². The predicted molar refractivity (Wildman–Crippen MR) is 117 cm³/mol. The summed E-state index contributed by atoms with van der Waals surface area (Å²) in [7, 11) is 0. The minimum Gasteiger partial charge on any atom is -0.464 e. The first-order valence-electron chi connectivity index (χ1n) is 11.6. The SMILES string of the molecule is Cc1cc2occ(CC(=O)N[C@@H](C)C34CC5CC(CC(C5)C3)C4)c2cc1C(C)C. The highest BCUT2D eigenvalue weighted by atomic mass is 16.3. The number of nitrogens with one attached hydrogen (secondary N) is 1. The largest absolute Gasteiger partial charge is 0.464 e. The number of carbonyl (C=O) groups is 1. The molecule has 1 amide bonds. The molecule has 1 N–H and O–H groups in total. The van der Waals surface area contributed by atoms with E-state index in [2.05, 4.69) is 45.1 Å². The van der Waals surface area contributed by atoms with Crippen LogP contribution >= 0.6 is 0 Å². The van der Waals surface area contributed by atoms with Crippen molar-refractivity contribution in [1.29, 1.82) is 0 Å². The van der Waals surface area contributed by atoms with E-state index in [1.54, 1.807) is 6.26 Å². The van der Waals surface area contributed by atoms with E-state index in [1.165, 1.54) is 49.7 Å². The average molecular weight is 394 g/mol. The molecule has 4 aliphatic rings. The third-order valence-electron chi connectivity index (χ3n) is 8.40. The normalized spacial score (nSPS) is 31.6. The third-order valence-corrected chi connectivity index (χ3v) is 8.40. The molecule has 1 heterocycles. The van der Waals surface area contributed by atoms with Gasteiger partial charge in [-0.3, -0.25) is 4.79 Å². The zero-order valence-corrected chi connectivity index (χ0v) is 18.4. The van der Waals surface area contributed by atoms with Crippen molar-refractivity contribution in [1.82, 2.24) is 5.32 Å². The number of rotatable bonds is 5. The van der Waals surface area contributed by atoms with Crippen LogP contribution < -0.4 is 5.32 Å². The Morgan fingerprint density at radius 3 is 2.31 bits per heavy atom. The summed E-state index contributed by atoms with van der Waals surface area (Å²) < 4.78 is 5.79. The molecule has 0 aliphatic heterocycles. The van der Waals surface area contributed by atoms with E-state index in [0.29, 0.717) is 17.8 Å². The number of hydrogen-bond acceptors (Lipinski definition) is 2. The summed E-state index contributed by atoms with van der Waals surface area (Å²) in [5, 5.41) is 4.50. The molecule has 2 aromatic rings. The topological polar surface area (TPSA) is 42.2 Å². The minimum atomic E-state index is 0.141. The number of carbonyl (C=O) groups excluding carboxylic acids is 1. The van der Waals surface area contributed by atoms with Crippen molar-refractivity contribution in [2.24, 2.45) is 23.2 Å². The van der Waals surface area contributed by atoms with Crippen molar-refractivity contribution in [2.45, 2.75) is 84.6 Å². The molecule has 4 aliphatic carbocycles. The summed E-state index contributed by atoms with van der Waals surface area (Å²) in [6.07, 6.45) is 10.5. The Morgan fingerprint density at radius 2 is 1.72 bits per heavy atom. The van der Waals surface area contributed by atoms with Crippen LogP contribution in [0.5, 0.6) is 0 Å². The number of aryl methyl sites for hydroxylation is 1. The fourth-order valence-electron chi connectivity index (χ4n) is 7.33. The van der Waals surface area contributed by atoms with Gasteiger partial charge in [0.1, 0.15) is 5.58 Å². The third kappa shape index (κ3) is 3.31. The molecule has 29 heavy (non-hydrogen) atoms. The van der Waals surface area contributed by atoms with Crippen molar-refractivity contribution >= 4 is 16.9 Å². The Morgan fingerprint density at radius 1 is 1.10 bits per heavy atom. The monoisotopic (exact) mass is 393 g/mol. The number of furan rings is 1. The molecule has 156 valence electrons. The van der Waals surface area contributed by atoms with Crippen LogP contribution in [0.1, 0.15) is 81.9 Å². The van der Waals surface area contributed by atoms with Crippen molar-refractivity contribution in [3.63, 3.8) is 0 Å². The molecule has 1 aromatic heterocycles. The van der Waals surface area contributed by atoms with Gasteiger partial charge in [-0.05, 0) is 105 Å². The summed E-state index contributed by atoms with van der Waals surface area (Å²) in [6.45, 7) is 8.83. The lowest BCUT2D eigenvalue weighted by molar-refractivity contribution is -0.125. The fraction of sp³-hybridized carbons (Fsp3) is 0.654. The highest BCUT2D eigenvalue weighted by molar-refractivity contribution is 5.88. The maximum absolute atomic E-state index is 13.0. The van der Waals surface area contributed by atoms with E-state index in [1.807, 2.05) is 0 Å². The lowest BCUT2D eigenvalue weighted by Gasteiger charge is -2.59.